The minimum absolute atomic E-state index is 0.163. The van der Waals surface area contributed by atoms with Crippen molar-refractivity contribution in [2.24, 2.45) is 0 Å². The lowest BCUT2D eigenvalue weighted by Gasteiger charge is -2.21. The number of rotatable bonds is 3. The maximum absolute atomic E-state index is 12.4. The number of hydrogen-bond donors (Lipinski definition) is 2. The molecule has 1 aromatic heterocycles. The number of carbonyl (C=O) groups excluding carboxylic acids is 1. The molecule has 23 heavy (non-hydrogen) atoms. The van der Waals surface area contributed by atoms with Crippen LogP contribution in [0.4, 0.5) is 4.79 Å². The Morgan fingerprint density at radius 2 is 2.13 bits per heavy atom. The first-order valence-corrected chi connectivity index (χ1v) is 7.99. The van der Waals surface area contributed by atoms with Crippen molar-refractivity contribution in [1.29, 1.82) is 0 Å². The molecular formula is C17H20N4O2. The molecule has 6 heteroatoms. The van der Waals surface area contributed by atoms with Crippen LogP contribution in [0.2, 0.25) is 0 Å². The zero-order valence-electron chi connectivity index (χ0n) is 13.0. The smallest absolute Gasteiger partial charge is 0.342 e. The van der Waals surface area contributed by atoms with E-state index in [0.29, 0.717) is 12.1 Å². The summed E-state index contributed by atoms with van der Waals surface area (Å²) in [6.07, 6.45) is 6.85. The van der Waals surface area contributed by atoms with Crippen molar-refractivity contribution < 1.29 is 9.53 Å². The third-order valence-electron chi connectivity index (χ3n) is 4.82. The van der Waals surface area contributed by atoms with Crippen LogP contribution in [-0.2, 0) is 0 Å². The first-order chi connectivity index (χ1) is 11.2. The fraction of sp³-hybridized carbons (Fsp3) is 0.412. The minimum Gasteiger partial charge on any atom is -0.497 e. The Bertz CT molecular complexity index is 710. The van der Waals surface area contributed by atoms with Gasteiger partial charge in [0.1, 0.15) is 5.75 Å². The van der Waals surface area contributed by atoms with Crippen LogP contribution in [0.5, 0.6) is 5.75 Å². The van der Waals surface area contributed by atoms with Crippen molar-refractivity contribution in [3.8, 4) is 16.9 Å². The van der Waals surface area contributed by atoms with Gasteiger partial charge in [0.25, 0.3) is 0 Å². The van der Waals surface area contributed by atoms with Crippen LogP contribution < -0.4 is 15.4 Å². The quantitative estimate of drug-likeness (QED) is 0.910. The summed E-state index contributed by atoms with van der Waals surface area (Å²) in [5.74, 6) is 0.808. The summed E-state index contributed by atoms with van der Waals surface area (Å²) < 4.78 is 6.54. The van der Waals surface area contributed by atoms with Gasteiger partial charge in [-0.05, 0) is 37.0 Å². The predicted octanol–water partition coefficient (Wildman–Crippen LogP) is 2.01. The van der Waals surface area contributed by atoms with E-state index in [1.807, 2.05) is 24.3 Å². The highest BCUT2D eigenvalue weighted by molar-refractivity contribution is 5.78. The summed E-state index contributed by atoms with van der Waals surface area (Å²) in [5, 5.41) is 10.8. The van der Waals surface area contributed by atoms with Crippen LogP contribution in [0.3, 0.4) is 0 Å². The maximum Gasteiger partial charge on any atom is 0.342 e. The van der Waals surface area contributed by atoms with Crippen LogP contribution in [0, 0.1) is 0 Å². The van der Waals surface area contributed by atoms with E-state index in [4.69, 9.17) is 4.74 Å². The molecule has 6 nitrogen and oxygen atoms in total. The highest BCUT2D eigenvalue weighted by atomic mass is 16.5. The fourth-order valence-corrected chi connectivity index (χ4v) is 3.57. The fourth-order valence-electron chi connectivity index (χ4n) is 3.57. The van der Waals surface area contributed by atoms with Gasteiger partial charge < -0.3 is 15.4 Å². The van der Waals surface area contributed by atoms with Gasteiger partial charge in [0.2, 0.25) is 0 Å². The van der Waals surface area contributed by atoms with Gasteiger partial charge >= 0.3 is 6.03 Å². The molecule has 4 rings (SSSR count). The largest absolute Gasteiger partial charge is 0.497 e. The standard InChI is InChI=1S/C17H20N4O2/c1-23-14-5-2-11(3-6-14)12-9-18-21(10-12)17(22)20-16-8-13-4-7-15(16)19-13/h2-3,5-6,9-10,13,15-16,19H,4,7-8H2,1H3,(H,20,22)/t13-,15+,16-/m1/s1. The number of amides is 1. The monoisotopic (exact) mass is 312 g/mol. The summed E-state index contributed by atoms with van der Waals surface area (Å²) in [7, 11) is 1.64. The summed E-state index contributed by atoms with van der Waals surface area (Å²) >= 11 is 0. The van der Waals surface area contributed by atoms with E-state index in [0.717, 1.165) is 29.7 Å². The van der Waals surface area contributed by atoms with Crippen molar-refractivity contribution in [2.75, 3.05) is 7.11 Å². The molecule has 2 bridgehead atoms. The lowest BCUT2D eigenvalue weighted by atomic mass is 9.96. The average Bonchev–Trinajstić information content (AvgIpc) is 3.31. The molecule has 1 aromatic carbocycles. The predicted molar refractivity (Wildman–Crippen MR) is 86.5 cm³/mol. The molecule has 1 amide bonds. The lowest BCUT2D eigenvalue weighted by Crippen LogP contribution is -2.44. The van der Waals surface area contributed by atoms with Gasteiger partial charge in [-0.2, -0.15) is 9.78 Å². The van der Waals surface area contributed by atoms with E-state index in [9.17, 15) is 4.79 Å². The number of aromatic nitrogens is 2. The first kappa shape index (κ1) is 14.3. The van der Waals surface area contributed by atoms with Crippen LogP contribution in [0.15, 0.2) is 36.7 Å². The van der Waals surface area contributed by atoms with E-state index >= 15 is 0 Å². The van der Waals surface area contributed by atoms with Crippen LogP contribution in [0.1, 0.15) is 19.3 Å². The normalized spacial score (nSPS) is 25.5. The van der Waals surface area contributed by atoms with Crippen molar-refractivity contribution in [1.82, 2.24) is 20.4 Å². The molecule has 0 aliphatic carbocycles. The van der Waals surface area contributed by atoms with Crippen molar-refractivity contribution in [3.63, 3.8) is 0 Å². The zero-order valence-corrected chi connectivity index (χ0v) is 13.0. The van der Waals surface area contributed by atoms with Crippen molar-refractivity contribution >= 4 is 6.03 Å². The second-order valence-electron chi connectivity index (χ2n) is 6.24. The van der Waals surface area contributed by atoms with E-state index in [-0.39, 0.29) is 12.1 Å². The molecule has 2 aliphatic rings. The Labute approximate surface area is 134 Å². The summed E-state index contributed by atoms with van der Waals surface area (Å²) in [6, 6.07) is 8.74. The Kier molecular flexibility index (Phi) is 3.53. The highest BCUT2D eigenvalue weighted by Crippen LogP contribution is 2.28. The SMILES string of the molecule is COc1ccc(-c2cnn(C(=O)N[C@@H]3C[C@H]4CC[C@@H]3N4)c2)cc1. The van der Waals surface area contributed by atoms with Crippen LogP contribution >= 0.6 is 0 Å². The molecule has 3 heterocycles. The van der Waals surface area contributed by atoms with Gasteiger partial charge in [0, 0.05) is 29.9 Å². The molecule has 0 spiro atoms. The number of methoxy groups -OCH3 is 1. The van der Waals surface area contributed by atoms with E-state index in [1.165, 1.54) is 11.1 Å². The van der Waals surface area contributed by atoms with Gasteiger partial charge in [-0.1, -0.05) is 12.1 Å². The zero-order chi connectivity index (χ0) is 15.8. The summed E-state index contributed by atoms with van der Waals surface area (Å²) in [5.41, 5.74) is 1.92. The molecular weight excluding hydrogens is 292 g/mol. The Hall–Kier alpha value is -2.34. The molecule has 0 unspecified atom stereocenters. The first-order valence-electron chi connectivity index (χ1n) is 7.99. The number of fused-ring (bicyclic) bond motifs is 2. The molecule has 3 atom stereocenters. The molecule has 120 valence electrons. The maximum atomic E-state index is 12.4. The molecule has 0 saturated carbocycles. The van der Waals surface area contributed by atoms with Crippen molar-refractivity contribution in [2.45, 2.75) is 37.4 Å². The van der Waals surface area contributed by atoms with Gasteiger partial charge in [-0.25, -0.2) is 4.79 Å². The number of nitrogens with zero attached hydrogens (tertiary/aromatic N) is 2. The Morgan fingerprint density at radius 1 is 1.30 bits per heavy atom. The Balaban J connectivity index is 1.45. The van der Waals surface area contributed by atoms with E-state index < -0.39 is 0 Å². The van der Waals surface area contributed by atoms with E-state index in [1.54, 1.807) is 19.5 Å². The third kappa shape index (κ3) is 2.70. The Morgan fingerprint density at radius 3 is 2.78 bits per heavy atom. The average molecular weight is 312 g/mol. The molecule has 2 aliphatic heterocycles. The van der Waals surface area contributed by atoms with Gasteiger partial charge in [0.05, 0.1) is 13.3 Å². The number of benzene rings is 1. The second kappa shape index (κ2) is 5.70. The van der Waals surface area contributed by atoms with Gasteiger partial charge in [0.15, 0.2) is 0 Å². The van der Waals surface area contributed by atoms with Crippen LogP contribution in [0.25, 0.3) is 11.1 Å². The third-order valence-corrected chi connectivity index (χ3v) is 4.82. The molecule has 2 saturated heterocycles. The molecule has 2 aromatic rings. The number of hydrogen-bond acceptors (Lipinski definition) is 4. The van der Waals surface area contributed by atoms with Crippen molar-refractivity contribution in [3.05, 3.63) is 36.7 Å². The van der Waals surface area contributed by atoms with Gasteiger partial charge in [-0.3, -0.25) is 0 Å². The summed E-state index contributed by atoms with van der Waals surface area (Å²) in [4.78, 5) is 12.4. The van der Waals surface area contributed by atoms with Gasteiger partial charge in [-0.15, -0.1) is 0 Å². The molecule has 2 N–H and O–H groups in total. The number of ether oxygens (including phenoxy) is 1. The number of nitrogens with one attached hydrogen (secondary N) is 2. The lowest BCUT2D eigenvalue weighted by molar-refractivity contribution is 0.233. The summed E-state index contributed by atoms with van der Waals surface area (Å²) in [6.45, 7) is 0. The van der Waals surface area contributed by atoms with Crippen LogP contribution in [-0.4, -0.2) is 41.0 Å². The minimum atomic E-state index is -0.163. The molecule has 2 fully saturated rings. The molecule has 0 radical (unpaired) electrons. The highest BCUT2D eigenvalue weighted by Gasteiger charge is 2.39. The number of carbonyl (C=O) groups is 1. The van der Waals surface area contributed by atoms with E-state index in [2.05, 4.69) is 15.7 Å². The topological polar surface area (TPSA) is 68.2 Å². The second-order valence-corrected chi connectivity index (χ2v) is 6.24.